The van der Waals surface area contributed by atoms with E-state index in [0.717, 1.165) is 16.0 Å². The molecule has 2 nitrogen and oxygen atoms in total. The summed E-state index contributed by atoms with van der Waals surface area (Å²) in [5.74, 6) is 0.784. The summed E-state index contributed by atoms with van der Waals surface area (Å²) in [7, 11) is 0. The summed E-state index contributed by atoms with van der Waals surface area (Å²) >= 11 is 1.66. The molecule has 0 aromatic heterocycles. The molecule has 1 aliphatic rings. The Hall–Kier alpha value is -0.800. The Kier molecular flexibility index (Phi) is 2.14. The van der Waals surface area contributed by atoms with Crippen LogP contribution in [-0.2, 0) is 0 Å². The van der Waals surface area contributed by atoms with Crippen molar-refractivity contribution in [2.45, 2.75) is 17.9 Å². The predicted octanol–water partition coefficient (Wildman–Crippen LogP) is 1.61. The van der Waals surface area contributed by atoms with Crippen molar-refractivity contribution < 1.29 is 4.79 Å². The lowest BCUT2D eigenvalue weighted by Crippen LogP contribution is -2.35. The van der Waals surface area contributed by atoms with Crippen LogP contribution in [0, 0.1) is 6.92 Å². The Morgan fingerprint density at radius 1 is 1.54 bits per heavy atom. The van der Waals surface area contributed by atoms with E-state index in [2.05, 4.69) is 0 Å². The van der Waals surface area contributed by atoms with E-state index in [1.807, 2.05) is 25.1 Å². The molecular weight excluding hydrogens is 182 g/mol. The molecule has 1 aromatic carbocycles. The van der Waals surface area contributed by atoms with Gasteiger partial charge in [0.25, 0.3) is 0 Å². The van der Waals surface area contributed by atoms with E-state index < -0.39 is 0 Å². The maximum absolute atomic E-state index is 11.6. The van der Waals surface area contributed by atoms with Gasteiger partial charge in [0.2, 0.25) is 0 Å². The van der Waals surface area contributed by atoms with Crippen molar-refractivity contribution in [2.75, 3.05) is 5.75 Å². The van der Waals surface area contributed by atoms with Gasteiger partial charge in [0, 0.05) is 16.2 Å². The summed E-state index contributed by atoms with van der Waals surface area (Å²) < 4.78 is 0. The molecule has 0 bridgehead atoms. The van der Waals surface area contributed by atoms with Crippen LogP contribution in [0.15, 0.2) is 23.1 Å². The van der Waals surface area contributed by atoms with Crippen molar-refractivity contribution >= 4 is 17.5 Å². The summed E-state index contributed by atoms with van der Waals surface area (Å²) in [6, 6.07) is 5.62. The van der Waals surface area contributed by atoms with Gasteiger partial charge in [0.15, 0.2) is 5.78 Å². The Balaban J connectivity index is 2.51. The zero-order valence-electron chi connectivity index (χ0n) is 7.41. The monoisotopic (exact) mass is 193 g/mol. The fourth-order valence-electron chi connectivity index (χ4n) is 1.42. The van der Waals surface area contributed by atoms with Crippen molar-refractivity contribution in [1.82, 2.24) is 0 Å². The van der Waals surface area contributed by atoms with Crippen LogP contribution >= 0.6 is 11.8 Å². The molecule has 0 radical (unpaired) electrons. The average molecular weight is 193 g/mol. The van der Waals surface area contributed by atoms with Gasteiger partial charge >= 0.3 is 0 Å². The Morgan fingerprint density at radius 3 is 3.08 bits per heavy atom. The van der Waals surface area contributed by atoms with Crippen molar-refractivity contribution in [1.29, 1.82) is 0 Å². The molecule has 0 unspecified atom stereocenters. The lowest BCUT2D eigenvalue weighted by molar-refractivity contribution is 0.0964. The van der Waals surface area contributed by atoms with Gasteiger partial charge in [-0.1, -0.05) is 11.6 Å². The zero-order chi connectivity index (χ0) is 9.42. The molecule has 1 aromatic rings. The zero-order valence-corrected chi connectivity index (χ0v) is 8.23. The Morgan fingerprint density at radius 2 is 2.31 bits per heavy atom. The van der Waals surface area contributed by atoms with Crippen LogP contribution in [0.1, 0.15) is 15.9 Å². The van der Waals surface area contributed by atoms with Crippen LogP contribution in [0.4, 0.5) is 0 Å². The lowest BCUT2D eigenvalue weighted by Gasteiger charge is -2.19. The molecule has 68 valence electrons. The lowest BCUT2D eigenvalue weighted by atomic mass is 10.0. The minimum Gasteiger partial charge on any atom is -0.321 e. The van der Waals surface area contributed by atoms with Gasteiger partial charge in [-0.2, -0.15) is 0 Å². The van der Waals surface area contributed by atoms with E-state index in [1.165, 1.54) is 0 Å². The molecule has 1 aliphatic heterocycles. The Bertz CT molecular complexity index is 362. The van der Waals surface area contributed by atoms with Crippen LogP contribution in [0.3, 0.4) is 0 Å². The second-order valence-corrected chi connectivity index (χ2v) is 4.34. The van der Waals surface area contributed by atoms with Gasteiger partial charge in [-0.15, -0.1) is 11.8 Å². The highest BCUT2D eigenvalue weighted by molar-refractivity contribution is 7.99. The summed E-state index contributed by atoms with van der Waals surface area (Å²) in [5, 5.41) is 0. The number of nitrogens with two attached hydrogens (primary N) is 1. The van der Waals surface area contributed by atoms with Crippen LogP contribution in [0.5, 0.6) is 0 Å². The molecule has 1 heterocycles. The number of benzene rings is 1. The maximum atomic E-state index is 11.6. The topological polar surface area (TPSA) is 43.1 Å². The van der Waals surface area contributed by atoms with Gasteiger partial charge in [-0.25, -0.2) is 0 Å². The third-order valence-corrected chi connectivity index (χ3v) is 3.35. The predicted molar refractivity (Wildman–Crippen MR) is 54.2 cm³/mol. The number of fused-ring (bicyclic) bond motifs is 1. The second kappa shape index (κ2) is 3.16. The minimum absolute atomic E-state index is 0.0810. The first-order chi connectivity index (χ1) is 6.18. The van der Waals surface area contributed by atoms with Gasteiger partial charge in [-0.3, -0.25) is 4.79 Å². The molecule has 0 saturated heterocycles. The maximum Gasteiger partial charge on any atom is 0.181 e. The molecule has 1 atom stereocenters. The summed E-state index contributed by atoms with van der Waals surface area (Å²) in [6.07, 6.45) is 0. The summed E-state index contributed by atoms with van der Waals surface area (Å²) in [4.78, 5) is 12.7. The highest BCUT2D eigenvalue weighted by atomic mass is 32.2. The van der Waals surface area contributed by atoms with E-state index in [-0.39, 0.29) is 11.8 Å². The normalized spacial score (nSPS) is 21.4. The summed E-state index contributed by atoms with van der Waals surface area (Å²) in [6.45, 7) is 1.98. The molecule has 0 fully saturated rings. The van der Waals surface area contributed by atoms with Gasteiger partial charge in [-0.05, 0) is 19.1 Å². The fourth-order valence-corrected chi connectivity index (χ4v) is 2.41. The van der Waals surface area contributed by atoms with Crippen LogP contribution in [0.2, 0.25) is 0 Å². The average Bonchev–Trinajstić information content (AvgIpc) is 2.12. The van der Waals surface area contributed by atoms with Crippen molar-refractivity contribution in [3.63, 3.8) is 0 Å². The van der Waals surface area contributed by atoms with E-state index in [9.17, 15) is 4.79 Å². The standard InChI is InChI=1S/C10H11NOS/c1-6-2-3-9-7(4-6)10(12)8(11)5-13-9/h2-4,8H,5,11H2,1H3/t8-/m1/s1. The van der Waals surface area contributed by atoms with E-state index in [1.54, 1.807) is 11.8 Å². The number of rotatable bonds is 0. The van der Waals surface area contributed by atoms with Gasteiger partial charge in [0.1, 0.15) is 0 Å². The number of ketones is 1. The summed E-state index contributed by atoms with van der Waals surface area (Å²) in [5.41, 5.74) is 7.58. The van der Waals surface area contributed by atoms with Crippen molar-refractivity contribution in [3.8, 4) is 0 Å². The largest absolute Gasteiger partial charge is 0.321 e. The first-order valence-electron chi connectivity index (χ1n) is 4.22. The highest BCUT2D eigenvalue weighted by Crippen LogP contribution is 2.29. The van der Waals surface area contributed by atoms with Crippen molar-refractivity contribution in [3.05, 3.63) is 29.3 Å². The number of hydrogen-bond acceptors (Lipinski definition) is 3. The second-order valence-electron chi connectivity index (χ2n) is 3.28. The number of aryl methyl sites for hydroxylation is 1. The van der Waals surface area contributed by atoms with Crippen LogP contribution < -0.4 is 5.73 Å². The highest BCUT2D eigenvalue weighted by Gasteiger charge is 2.24. The van der Waals surface area contributed by atoms with Gasteiger partial charge < -0.3 is 5.73 Å². The third kappa shape index (κ3) is 1.49. The van der Waals surface area contributed by atoms with Crippen LogP contribution in [0.25, 0.3) is 0 Å². The number of thioether (sulfide) groups is 1. The van der Waals surface area contributed by atoms with Crippen molar-refractivity contribution in [2.24, 2.45) is 5.73 Å². The molecule has 0 saturated carbocycles. The smallest absolute Gasteiger partial charge is 0.181 e. The molecule has 2 N–H and O–H groups in total. The molecule has 3 heteroatoms. The molecule has 0 amide bonds. The third-order valence-electron chi connectivity index (χ3n) is 2.16. The quantitative estimate of drug-likeness (QED) is 0.680. The fraction of sp³-hybridized carbons (Fsp3) is 0.300. The number of carbonyl (C=O) groups is 1. The molecule has 13 heavy (non-hydrogen) atoms. The SMILES string of the molecule is Cc1ccc2c(c1)C(=O)[C@H](N)CS2. The molecule has 2 rings (SSSR count). The minimum atomic E-state index is -0.320. The number of carbonyl (C=O) groups excluding carboxylic acids is 1. The van der Waals surface area contributed by atoms with E-state index >= 15 is 0 Å². The van der Waals surface area contributed by atoms with E-state index in [4.69, 9.17) is 5.73 Å². The number of Topliss-reactive ketones (excluding diaryl/α,β-unsaturated/α-hetero) is 1. The van der Waals surface area contributed by atoms with Gasteiger partial charge in [0.05, 0.1) is 6.04 Å². The first kappa shape index (κ1) is 8.78. The molecular formula is C10H11NOS. The molecule has 0 spiro atoms. The van der Waals surface area contributed by atoms with E-state index in [0.29, 0.717) is 5.75 Å². The molecule has 0 aliphatic carbocycles. The Labute approximate surface area is 81.5 Å². The first-order valence-corrected chi connectivity index (χ1v) is 5.20. The van der Waals surface area contributed by atoms with Crippen LogP contribution in [-0.4, -0.2) is 17.6 Å². The number of hydrogen-bond donors (Lipinski definition) is 1.